The first-order chi connectivity index (χ1) is 15.9. The first-order valence-corrected chi connectivity index (χ1v) is 13.7. The fourth-order valence-corrected chi connectivity index (χ4v) is 6.78. The Kier molecular flexibility index (Phi) is 7.54. The van der Waals surface area contributed by atoms with Crippen LogP contribution in [0.15, 0.2) is 34.7 Å². The normalized spacial score (nSPS) is 21.8. The van der Waals surface area contributed by atoms with Crippen LogP contribution in [0.25, 0.3) is 0 Å². The van der Waals surface area contributed by atoms with Gasteiger partial charge in [0.2, 0.25) is 21.8 Å². The summed E-state index contributed by atoms with van der Waals surface area (Å²) in [5.41, 5.74) is 3.11. The van der Waals surface area contributed by atoms with Gasteiger partial charge >= 0.3 is 0 Å². The Labute approximate surface area is 197 Å². The number of aryl methyl sites for hydroxylation is 1. The molecule has 2 aliphatic heterocycles. The summed E-state index contributed by atoms with van der Waals surface area (Å²) in [5, 5.41) is 3.03. The number of carbonyl (C=O) groups excluding carboxylic acids is 2. The minimum Gasteiger partial charge on any atom is -0.356 e. The Hall–Kier alpha value is -2.19. The molecule has 33 heavy (non-hydrogen) atoms. The molecule has 0 radical (unpaired) electrons. The second kappa shape index (κ2) is 10.4. The average molecular weight is 474 g/mol. The predicted molar refractivity (Wildman–Crippen MR) is 128 cm³/mol. The molecule has 1 atom stereocenters. The molecule has 0 saturated carbocycles. The summed E-state index contributed by atoms with van der Waals surface area (Å²) in [6.07, 6.45) is 10.9. The Balaban J connectivity index is 1.40. The van der Waals surface area contributed by atoms with Gasteiger partial charge in [-0.3, -0.25) is 9.59 Å². The van der Waals surface area contributed by atoms with Crippen molar-refractivity contribution in [3.8, 4) is 0 Å². The number of nitrogens with zero attached hydrogens (tertiary/aromatic N) is 2. The van der Waals surface area contributed by atoms with Crippen LogP contribution >= 0.6 is 0 Å². The van der Waals surface area contributed by atoms with Crippen LogP contribution in [-0.2, 0) is 26.0 Å². The smallest absolute Gasteiger partial charge is 0.243 e. The number of rotatable bonds is 6. The number of carbonyl (C=O) groups is 2. The first kappa shape index (κ1) is 24.0. The highest BCUT2D eigenvalue weighted by Crippen LogP contribution is 2.32. The topological polar surface area (TPSA) is 86.8 Å². The number of hydrogen-bond acceptors (Lipinski definition) is 4. The molecule has 1 fully saturated rings. The minimum absolute atomic E-state index is 0.0313. The number of piperidine rings is 1. The van der Waals surface area contributed by atoms with Crippen molar-refractivity contribution in [1.82, 2.24) is 9.62 Å². The van der Waals surface area contributed by atoms with Crippen LogP contribution in [0.3, 0.4) is 0 Å². The van der Waals surface area contributed by atoms with Gasteiger partial charge in [0.25, 0.3) is 0 Å². The van der Waals surface area contributed by atoms with Gasteiger partial charge in [0, 0.05) is 38.8 Å². The molecule has 0 spiro atoms. The third-order valence-electron chi connectivity index (χ3n) is 7.07. The zero-order chi connectivity index (χ0) is 23.4. The van der Waals surface area contributed by atoms with Gasteiger partial charge in [-0.05, 0) is 81.5 Å². The lowest BCUT2D eigenvalue weighted by molar-refractivity contribution is -0.126. The van der Waals surface area contributed by atoms with Crippen molar-refractivity contribution < 1.29 is 18.0 Å². The van der Waals surface area contributed by atoms with E-state index in [1.54, 1.807) is 23.1 Å². The van der Waals surface area contributed by atoms with Crippen LogP contribution in [0.1, 0.15) is 63.9 Å². The van der Waals surface area contributed by atoms with Crippen molar-refractivity contribution in [1.29, 1.82) is 0 Å². The lowest BCUT2D eigenvalue weighted by Gasteiger charge is -2.32. The van der Waals surface area contributed by atoms with Crippen LogP contribution in [0.5, 0.6) is 0 Å². The van der Waals surface area contributed by atoms with Crippen LogP contribution in [0.2, 0.25) is 0 Å². The predicted octanol–water partition coefficient (Wildman–Crippen LogP) is 3.39. The maximum Gasteiger partial charge on any atom is 0.243 e. The number of allylic oxidation sites excluding steroid dienone is 1. The van der Waals surface area contributed by atoms with E-state index in [-0.39, 0.29) is 29.2 Å². The van der Waals surface area contributed by atoms with Crippen LogP contribution < -0.4 is 10.2 Å². The number of amides is 2. The molecule has 3 aliphatic rings. The molecule has 0 aromatic heterocycles. The summed E-state index contributed by atoms with van der Waals surface area (Å²) in [6, 6.07) is 5.05. The van der Waals surface area contributed by atoms with E-state index >= 15 is 0 Å². The second-order valence-electron chi connectivity index (χ2n) is 9.42. The van der Waals surface area contributed by atoms with Gasteiger partial charge in [-0.2, -0.15) is 4.31 Å². The Morgan fingerprint density at radius 1 is 1.09 bits per heavy atom. The highest BCUT2D eigenvalue weighted by Gasteiger charge is 2.34. The number of anilines is 1. The van der Waals surface area contributed by atoms with E-state index in [0.717, 1.165) is 43.4 Å². The fraction of sp³-hybridized carbons (Fsp3) is 0.600. The monoisotopic (exact) mass is 473 g/mol. The standard InChI is InChI=1S/C25H35N3O4S/c1-19(29)28-16-6-9-21-17-23(11-12-24(21)28)33(31,32)27-15-5-10-22(18-27)25(30)26-14-13-20-7-3-2-4-8-20/h7,11-12,17,22H,2-6,8-10,13-16,18H2,1H3,(H,26,30)/t22-/m1/s1. The molecule has 1 aromatic carbocycles. The maximum atomic E-state index is 13.4. The lowest BCUT2D eigenvalue weighted by Crippen LogP contribution is -2.45. The number of hydrogen-bond donors (Lipinski definition) is 1. The summed E-state index contributed by atoms with van der Waals surface area (Å²) in [5.74, 6) is -0.398. The van der Waals surface area contributed by atoms with E-state index in [0.29, 0.717) is 32.5 Å². The van der Waals surface area contributed by atoms with Gasteiger partial charge in [0.1, 0.15) is 0 Å². The van der Waals surface area contributed by atoms with E-state index in [9.17, 15) is 18.0 Å². The average Bonchev–Trinajstić information content (AvgIpc) is 2.84. The van der Waals surface area contributed by atoms with Gasteiger partial charge < -0.3 is 10.2 Å². The molecule has 2 heterocycles. The Morgan fingerprint density at radius 2 is 1.94 bits per heavy atom. The quantitative estimate of drug-likeness (QED) is 0.642. The molecular weight excluding hydrogens is 438 g/mol. The van der Waals surface area contributed by atoms with Gasteiger partial charge in [0.15, 0.2) is 0 Å². The van der Waals surface area contributed by atoms with Crippen LogP contribution in [0.4, 0.5) is 5.69 Å². The van der Waals surface area contributed by atoms with Crippen LogP contribution in [0, 0.1) is 5.92 Å². The summed E-state index contributed by atoms with van der Waals surface area (Å²) in [7, 11) is -3.70. The molecule has 1 aromatic rings. The highest BCUT2D eigenvalue weighted by atomic mass is 32.2. The van der Waals surface area contributed by atoms with E-state index in [1.807, 2.05) is 0 Å². The molecule has 180 valence electrons. The number of nitrogens with one attached hydrogen (secondary N) is 1. The summed E-state index contributed by atoms with van der Waals surface area (Å²) >= 11 is 0. The van der Waals surface area contributed by atoms with E-state index < -0.39 is 10.0 Å². The molecule has 7 nitrogen and oxygen atoms in total. The van der Waals surface area contributed by atoms with Crippen molar-refractivity contribution in [2.45, 2.75) is 69.6 Å². The zero-order valence-electron chi connectivity index (χ0n) is 19.5. The number of benzene rings is 1. The van der Waals surface area contributed by atoms with Gasteiger partial charge in [-0.15, -0.1) is 0 Å². The Morgan fingerprint density at radius 3 is 2.70 bits per heavy atom. The molecule has 4 rings (SSSR count). The molecule has 8 heteroatoms. The summed E-state index contributed by atoms with van der Waals surface area (Å²) in [6.45, 7) is 3.45. The Bertz CT molecular complexity index is 1030. The van der Waals surface area contributed by atoms with Crippen molar-refractivity contribution in [3.63, 3.8) is 0 Å². The largest absolute Gasteiger partial charge is 0.356 e. The van der Waals surface area contributed by atoms with Crippen molar-refractivity contribution in [2.24, 2.45) is 5.92 Å². The minimum atomic E-state index is -3.70. The van der Waals surface area contributed by atoms with Gasteiger partial charge in [0.05, 0.1) is 10.8 Å². The van der Waals surface area contributed by atoms with Crippen molar-refractivity contribution >= 4 is 27.5 Å². The van der Waals surface area contributed by atoms with Gasteiger partial charge in [-0.1, -0.05) is 11.6 Å². The first-order valence-electron chi connectivity index (χ1n) is 12.2. The van der Waals surface area contributed by atoms with Crippen molar-refractivity contribution in [2.75, 3.05) is 31.1 Å². The third-order valence-corrected chi connectivity index (χ3v) is 8.93. The highest BCUT2D eigenvalue weighted by molar-refractivity contribution is 7.89. The molecule has 1 saturated heterocycles. The number of sulfonamides is 1. The van der Waals surface area contributed by atoms with Crippen molar-refractivity contribution in [3.05, 3.63) is 35.4 Å². The molecule has 0 bridgehead atoms. The second-order valence-corrected chi connectivity index (χ2v) is 11.4. The lowest BCUT2D eigenvalue weighted by atomic mass is 9.96. The summed E-state index contributed by atoms with van der Waals surface area (Å²) < 4.78 is 28.2. The number of fused-ring (bicyclic) bond motifs is 1. The SMILES string of the molecule is CC(=O)N1CCCc2cc(S(=O)(=O)N3CCC[C@@H](C(=O)NCCC4=CCCCC4)C3)ccc21. The maximum absolute atomic E-state index is 13.4. The molecular formula is C25H35N3O4S. The van der Waals surface area contributed by atoms with Gasteiger partial charge in [-0.25, -0.2) is 8.42 Å². The van der Waals surface area contributed by atoms with E-state index in [4.69, 9.17) is 0 Å². The zero-order valence-corrected chi connectivity index (χ0v) is 20.3. The van der Waals surface area contributed by atoms with Crippen LogP contribution in [-0.4, -0.2) is 50.7 Å². The molecule has 0 unspecified atom stereocenters. The van der Waals surface area contributed by atoms with E-state index in [2.05, 4.69) is 11.4 Å². The third kappa shape index (κ3) is 5.49. The molecule has 1 N–H and O–H groups in total. The van der Waals surface area contributed by atoms with E-state index in [1.165, 1.54) is 29.6 Å². The fourth-order valence-electron chi connectivity index (χ4n) is 5.21. The molecule has 1 aliphatic carbocycles. The summed E-state index contributed by atoms with van der Waals surface area (Å²) in [4.78, 5) is 26.6. The molecule has 2 amide bonds.